The summed E-state index contributed by atoms with van der Waals surface area (Å²) < 4.78 is 25.9. The van der Waals surface area contributed by atoms with Crippen LogP contribution in [0.1, 0.15) is 12.8 Å². The number of rotatable bonds is 4. The van der Waals surface area contributed by atoms with E-state index in [0.29, 0.717) is 13.1 Å². The Morgan fingerprint density at radius 3 is 2.47 bits per heavy atom. The number of hydrogen-bond donors (Lipinski definition) is 1. The number of amides is 1. The fraction of sp³-hybridized carbons (Fsp3) is 0.500. The third-order valence-corrected chi connectivity index (χ3v) is 4.33. The van der Waals surface area contributed by atoms with Crippen molar-refractivity contribution < 1.29 is 13.2 Å². The first kappa shape index (κ1) is 14.2. The molecule has 1 aliphatic heterocycles. The standard InChI is InChI=1S/C10H13ClN4O3S/c11-10-12-5-8(6-13-10)19(17,18)14-7-9(16)15-3-1-2-4-15/h5-6,14H,1-4,7H2. The van der Waals surface area contributed by atoms with Crippen LogP contribution in [0.4, 0.5) is 0 Å². The van der Waals surface area contributed by atoms with Crippen LogP contribution in [0.2, 0.25) is 5.28 Å². The lowest BCUT2D eigenvalue weighted by atomic mass is 10.4. The minimum Gasteiger partial charge on any atom is -0.342 e. The van der Waals surface area contributed by atoms with Crippen LogP contribution in [-0.2, 0) is 14.8 Å². The first-order valence-corrected chi connectivity index (χ1v) is 7.60. The number of halogens is 1. The van der Waals surface area contributed by atoms with Crippen molar-refractivity contribution in [1.29, 1.82) is 0 Å². The molecule has 9 heteroatoms. The third-order valence-electron chi connectivity index (χ3n) is 2.78. The molecule has 0 saturated carbocycles. The van der Waals surface area contributed by atoms with Crippen molar-refractivity contribution in [3.05, 3.63) is 17.7 Å². The van der Waals surface area contributed by atoms with E-state index in [1.807, 2.05) is 0 Å². The number of carbonyl (C=O) groups excluding carboxylic acids is 1. The molecule has 2 heterocycles. The zero-order chi connectivity index (χ0) is 13.9. The highest BCUT2D eigenvalue weighted by atomic mass is 35.5. The summed E-state index contributed by atoms with van der Waals surface area (Å²) in [5.74, 6) is -0.226. The van der Waals surface area contributed by atoms with Crippen molar-refractivity contribution >= 4 is 27.5 Å². The Hall–Kier alpha value is -1.25. The Morgan fingerprint density at radius 1 is 1.32 bits per heavy atom. The maximum absolute atomic E-state index is 11.9. The predicted octanol–water partition coefficient (Wildman–Crippen LogP) is 0.0307. The molecule has 0 spiro atoms. The van der Waals surface area contributed by atoms with E-state index in [4.69, 9.17) is 11.6 Å². The molecule has 0 aliphatic carbocycles. The Bertz CT molecular complexity index is 555. The maximum Gasteiger partial charge on any atom is 0.244 e. The molecule has 0 unspecified atom stereocenters. The number of nitrogens with one attached hydrogen (secondary N) is 1. The Kier molecular flexibility index (Phi) is 4.33. The average molecular weight is 305 g/mol. The smallest absolute Gasteiger partial charge is 0.244 e. The summed E-state index contributed by atoms with van der Waals surface area (Å²) in [5.41, 5.74) is 0. The maximum atomic E-state index is 11.9. The molecular formula is C10H13ClN4O3S. The summed E-state index contributed by atoms with van der Waals surface area (Å²) in [7, 11) is -3.78. The SMILES string of the molecule is O=C(CNS(=O)(=O)c1cnc(Cl)nc1)N1CCCC1. The van der Waals surface area contributed by atoms with Gasteiger partial charge in [0.05, 0.1) is 18.9 Å². The lowest BCUT2D eigenvalue weighted by molar-refractivity contribution is -0.128. The van der Waals surface area contributed by atoms with Crippen molar-refractivity contribution in [3.8, 4) is 0 Å². The van der Waals surface area contributed by atoms with E-state index in [0.717, 1.165) is 25.2 Å². The van der Waals surface area contributed by atoms with E-state index in [1.165, 1.54) is 0 Å². The zero-order valence-electron chi connectivity index (χ0n) is 10.0. The van der Waals surface area contributed by atoms with E-state index >= 15 is 0 Å². The second-order valence-corrected chi connectivity index (χ2v) is 6.21. The predicted molar refractivity (Wildman–Crippen MR) is 68.0 cm³/mol. The van der Waals surface area contributed by atoms with E-state index in [9.17, 15) is 13.2 Å². The van der Waals surface area contributed by atoms with Gasteiger partial charge in [0.1, 0.15) is 4.90 Å². The average Bonchev–Trinajstić information content (AvgIpc) is 2.90. The molecule has 2 rings (SSSR count). The van der Waals surface area contributed by atoms with Crippen LogP contribution in [0.5, 0.6) is 0 Å². The topological polar surface area (TPSA) is 92.3 Å². The normalized spacial score (nSPS) is 15.7. The van der Waals surface area contributed by atoms with Crippen molar-refractivity contribution in [1.82, 2.24) is 19.6 Å². The molecule has 0 aromatic carbocycles. The van der Waals surface area contributed by atoms with Gasteiger partial charge in [-0.05, 0) is 24.4 Å². The molecule has 0 atom stereocenters. The van der Waals surface area contributed by atoms with E-state index in [-0.39, 0.29) is 22.6 Å². The van der Waals surface area contributed by atoms with Gasteiger partial charge in [0, 0.05) is 13.1 Å². The van der Waals surface area contributed by atoms with Gasteiger partial charge in [0.2, 0.25) is 21.2 Å². The molecule has 104 valence electrons. The van der Waals surface area contributed by atoms with Gasteiger partial charge in [-0.2, -0.15) is 0 Å². The molecule has 1 aliphatic rings. The molecule has 0 bridgehead atoms. The van der Waals surface area contributed by atoms with Gasteiger partial charge < -0.3 is 4.90 Å². The van der Waals surface area contributed by atoms with Gasteiger partial charge in [-0.1, -0.05) is 0 Å². The largest absolute Gasteiger partial charge is 0.342 e. The van der Waals surface area contributed by atoms with Crippen molar-refractivity contribution in [2.75, 3.05) is 19.6 Å². The Morgan fingerprint density at radius 2 is 1.89 bits per heavy atom. The van der Waals surface area contributed by atoms with Crippen molar-refractivity contribution in [2.24, 2.45) is 0 Å². The molecule has 1 aromatic rings. The summed E-state index contributed by atoms with van der Waals surface area (Å²) in [4.78, 5) is 20.4. The molecular weight excluding hydrogens is 292 g/mol. The fourth-order valence-corrected chi connectivity index (χ4v) is 2.72. The van der Waals surface area contributed by atoms with E-state index < -0.39 is 10.0 Å². The zero-order valence-corrected chi connectivity index (χ0v) is 11.6. The van der Waals surface area contributed by atoms with Gasteiger partial charge >= 0.3 is 0 Å². The first-order valence-electron chi connectivity index (χ1n) is 5.74. The Balaban J connectivity index is 1.97. The lowest BCUT2D eigenvalue weighted by Gasteiger charge is -2.15. The highest BCUT2D eigenvalue weighted by Gasteiger charge is 2.21. The lowest BCUT2D eigenvalue weighted by Crippen LogP contribution is -2.38. The summed E-state index contributed by atoms with van der Waals surface area (Å²) in [6.07, 6.45) is 4.11. The van der Waals surface area contributed by atoms with Gasteiger partial charge in [-0.15, -0.1) is 0 Å². The Labute approximate surface area is 116 Å². The second-order valence-electron chi connectivity index (χ2n) is 4.10. The molecule has 19 heavy (non-hydrogen) atoms. The minimum absolute atomic E-state index is 0.0351. The fourth-order valence-electron chi connectivity index (χ4n) is 1.76. The third kappa shape index (κ3) is 3.62. The number of carbonyl (C=O) groups is 1. The second kappa shape index (κ2) is 5.81. The van der Waals surface area contributed by atoms with Crippen molar-refractivity contribution in [2.45, 2.75) is 17.7 Å². The minimum atomic E-state index is -3.78. The number of hydrogen-bond acceptors (Lipinski definition) is 5. The summed E-state index contributed by atoms with van der Waals surface area (Å²) >= 11 is 5.48. The van der Waals surface area contributed by atoms with E-state index in [1.54, 1.807) is 4.90 Å². The quantitative estimate of drug-likeness (QED) is 0.792. The van der Waals surface area contributed by atoms with Gasteiger partial charge in [-0.3, -0.25) is 4.79 Å². The van der Waals surface area contributed by atoms with Gasteiger partial charge in [0.15, 0.2) is 0 Å². The highest BCUT2D eigenvalue weighted by molar-refractivity contribution is 7.89. The van der Waals surface area contributed by atoms with Crippen LogP contribution in [0.25, 0.3) is 0 Å². The van der Waals surface area contributed by atoms with Crippen LogP contribution in [-0.4, -0.2) is 48.8 Å². The highest BCUT2D eigenvalue weighted by Crippen LogP contribution is 2.09. The first-order chi connectivity index (χ1) is 8.99. The molecule has 0 radical (unpaired) electrons. The molecule has 7 nitrogen and oxygen atoms in total. The van der Waals surface area contributed by atoms with Crippen molar-refractivity contribution in [3.63, 3.8) is 0 Å². The van der Waals surface area contributed by atoms with Crippen LogP contribution in [0.3, 0.4) is 0 Å². The molecule has 1 amide bonds. The monoisotopic (exact) mass is 304 g/mol. The van der Waals surface area contributed by atoms with Crippen LogP contribution in [0.15, 0.2) is 17.3 Å². The summed E-state index contributed by atoms with van der Waals surface area (Å²) in [6, 6.07) is 0. The van der Waals surface area contributed by atoms with Crippen LogP contribution < -0.4 is 4.72 Å². The molecule has 1 aromatic heterocycles. The molecule has 1 N–H and O–H groups in total. The summed E-state index contributed by atoms with van der Waals surface area (Å²) in [5, 5.41) is -0.0351. The van der Waals surface area contributed by atoms with Gasteiger partial charge in [0.25, 0.3) is 0 Å². The number of aromatic nitrogens is 2. The summed E-state index contributed by atoms with van der Waals surface area (Å²) in [6.45, 7) is 1.11. The van der Waals surface area contributed by atoms with Crippen LogP contribution >= 0.6 is 11.6 Å². The molecule has 1 saturated heterocycles. The van der Waals surface area contributed by atoms with E-state index in [2.05, 4.69) is 14.7 Å². The number of likely N-dealkylation sites (tertiary alicyclic amines) is 1. The van der Waals surface area contributed by atoms with Gasteiger partial charge in [-0.25, -0.2) is 23.1 Å². The molecule has 1 fully saturated rings. The number of sulfonamides is 1. The number of nitrogens with zero attached hydrogens (tertiary/aromatic N) is 3. The van der Waals surface area contributed by atoms with Crippen LogP contribution in [0, 0.1) is 0 Å².